The highest BCUT2D eigenvalue weighted by Gasteiger charge is 2.12. The Balaban J connectivity index is 1.62. The van der Waals surface area contributed by atoms with Crippen molar-refractivity contribution < 1.29 is 23.9 Å². The van der Waals surface area contributed by atoms with Gasteiger partial charge in [0.05, 0.1) is 11.5 Å². The summed E-state index contributed by atoms with van der Waals surface area (Å²) in [5.41, 5.74) is 1.16. The first-order valence-electron chi connectivity index (χ1n) is 9.15. The minimum Gasteiger partial charge on any atom is -0.494 e. The number of carbonyl (C=O) groups is 3. The fourth-order valence-electron chi connectivity index (χ4n) is 2.35. The summed E-state index contributed by atoms with van der Waals surface area (Å²) in [6.07, 6.45) is 1.39. The summed E-state index contributed by atoms with van der Waals surface area (Å²) in [5, 5.41) is 2.71. The van der Waals surface area contributed by atoms with Crippen molar-refractivity contribution in [3.05, 3.63) is 51.7 Å². The minimum absolute atomic E-state index is 0.0796. The van der Waals surface area contributed by atoms with Crippen LogP contribution in [-0.2, 0) is 20.7 Å². The van der Waals surface area contributed by atoms with Gasteiger partial charge in [-0.3, -0.25) is 14.4 Å². The molecule has 1 aromatic heterocycles. The van der Waals surface area contributed by atoms with Gasteiger partial charge in [0, 0.05) is 24.8 Å². The number of nitrogens with one attached hydrogen (secondary N) is 1. The first-order valence-corrected chi connectivity index (χ1v) is 9.97. The highest BCUT2D eigenvalue weighted by molar-refractivity contribution is 7.14. The molecule has 0 atom stereocenters. The van der Waals surface area contributed by atoms with Crippen molar-refractivity contribution in [2.45, 2.75) is 33.1 Å². The van der Waals surface area contributed by atoms with E-state index in [1.807, 2.05) is 37.3 Å². The van der Waals surface area contributed by atoms with Crippen molar-refractivity contribution in [2.24, 2.45) is 0 Å². The van der Waals surface area contributed by atoms with Crippen LogP contribution in [0.25, 0.3) is 0 Å². The van der Waals surface area contributed by atoms with Crippen LogP contribution in [0.3, 0.4) is 0 Å². The molecule has 0 bridgehead atoms. The smallest absolute Gasteiger partial charge is 0.306 e. The fourth-order valence-corrected chi connectivity index (χ4v) is 3.29. The summed E-state index contributed by atoms with van der Waals surface area (Å²) < 4.78 is 10.6. The van der Waals surface area contributed by atoms with Crippen LogP contribution in [0.4, 0.5) is 0 Å². The number of hydrogen-bond donors (Lipinski definition) is 1. The molecule has 0 radical (unpaired) electrons. The van der Waals surface area contributed by atoms with E-state index in [4.69, 9.17) is 9.47 Å². The fraction of sp³-hybridized carbons (Fsp3) is 0.381. The Kier molecular flexibility index (Phi) is 8.68. The lowest BCUT2D eigenvalue weighted by atomic mass is 10.2. The molecule has 6 nitrogen and oxygen atoms in total. The lowest BCUT2D eigenvalue weighted by Gasteiger charge is -2.06. The second kappa shape index (κ2) is 11.2. The number of ether oxygens (including phenoxy) is 2. The van der Waals surface area contributed by atoms with Crippen molar-refractivity contribution in [3.8, 4) is 5.75 Å². The third-order valence-electron chi connectivity index (χ3n) is 3.86. The van der Waals surface area contributed by atoms with Crippen LogP contribution < -0.4 is 10.1 Å². The molecule has 150 valence electrons. The maximum absolute atomic E-state index is 12.1. The van der Waals surface area contributed by atoms with Gasteiger partial charge in [-0.25, -0.2) is 0 Å². The molecule has 2 aromatic rings. The first kappa shape index (κ1) is 21.6. The molecular weight excluding hydrogens is 378 g/mol. The zero-order valence-electron chi connectivity index (χ0n) is 16.2. The largest absolute Gasteiger partial charge is 0.494 e. The highest BCUT2D eigenvalue weighted by Crippen LogP contribution is 2.18. The number of rotatable bonds is 11. The lowest BCUT2D eigenvalue weighted by Crippen LogP contribution is -2.22. The van der Waals surface area contributed by atoms with E-state index in [0.29, 0.717) is 30.9 Å². The molecule has 1 N–H and O–H groups in total. The minimum atomic E-state index is -0.414. The normalized spacial score (nSPS) is 10.4. The molecule has 0 spiro atoms. The Morgan fingerprint density at radius 2 is 1.82 bits per heavy atom. The highest BCUT2D eigenvalue weighted by atomic mass is 32.1. The van der Waals surface area contributed by atoms with E-state index < -0.39 is 5.97 Å². The topological polar surface area (TPSA) is 81.7 Å². The SMILES string of the molecule is CC(=O)NCCc1ccc(C(=O)COC(=O)CCCOc2ccc(C)cc2)s1. The van der Waals surface area contributed by atoms with Crippen LogP contribution in [0.2, 0.25) is 0 Å². The number of Topliss-reactive ketones (excluding diaryl/α,β-unsaturated/α-hetero) is 1. The molecule has 0 aliphatic heterocycles. The Bertz CT molecular complexity index is 797. The Morgan fingerprint density at radius 1 is 1.07 bits per heavy atom. The summed E-state index contributed by atoms with van der Waals surface area (Å²) in [4.78, 5) is 36.3. The monoisotopic (exact) mass is 403 g/mol. The zero-order chi connectivity index (χ0) is 20.4. The van der Waals surface area contributed by atoms with Gasteiger partial charge < -0.3 is 14.8 Å². The summed E-state index contributed by atoms with van der Waals surface area (Å²) in [7, 11) is 0. The van der Waals surface area contributed by atoms with Crippen LogP contribution in [0, 0.1) is 6.92 Å². The van der Waals surface area contributed by atoms with Crippen molar-refractivity contribution in [3.63, 3.8) is 0 Å². The maximum Gasteiger partial charge on any atom is 0.306 e. The number of aryl methyl sites for hydroxylation is 1. The Labute approximate surface area is 168 Å². The summed E-state index contributed by atoms with van der Waals surface area (Å²) in [5.74, 6) is 0.0495. The van der Waals surface area contributed by atoms with Crippen molar-refractivity contribution in [1.82, 2.24) is 5.32 Å². The number of hydrogen-bond acceptors (Lipinski definition) is 6. The van der Waals surface area contributed by atoms with Crippen LogP contribution in [0.1, 0.15) is 39.9 Å². The summed E-state index contributed by atoms with van der Waals surface area (Å²) >= 11 is 1.35. The average Bonchev–Trinajstić information content (AvgIpc) is 3.13. The molecule has 0 aliphatic rings. The molecule has 2 rings (SSSR count). The number of esters is 1. The molecule has 1 amide bonds. The van der Waals surface area contributed by atoms with Gasteiger partial charge in [0.1, 0.15) is 5.75 Å². The van der Waals surface area contributed by atoms with Gasteiger partial charge in [0.15, 0.2) is 6.61 Å². The standard InChI is InChI=1S/C21H25NO5S/c1-15-5-7-17(8-6-15)26-13-3-4-21(25)27-14-19(24)20-10-9-18(28-20)11-12-22-16(2)23/h5-10H,3-4,11-14H2,1-2H3,(H,22,23). The zero-order valence-corrected chi connectivity index (χ0v) is 17.0. The summed E-state index contributed by atoms with van der Waals surface area (Å²) in [6.45, 7) is 4.15. The molecule has 0 aliphatic carbocycles. The number of ketones is 1. The maximum atomic E-state index is 12.1. The van der Waals surface area contributed by atoms with Gasteiger partial charge in [-0.15, -0.1) is 11.3 Å². The first-order chi connectivity index (χ1) is 13.4. The van der Waals surface area contributed by atoms with E-state index in [-0.39, 0.29) is 24.7 Å². The van der Waals surface area contributed by atoms with Crippen molar-refractivity contribution in [2.75, 3.05) is 19.8 Å². The van der Waals surface area contributed by atoms with E-state index in [2.05, 4.69) is 5.32 Å². The van der Waals surface area contributed by atoms with E-state index in [1.165, 1.54) is 18.3 Å². The Morgan fingerprint density at radius 3 is 2.54 bits per heavy atom. The predicted octanol–water partition coefficient (Wildman–Crippen LogP) is 3.32. The van der Waals surface area contributed by atoms with Crippen LogP contribution in [0.5, 0.6) is 5.75 Å². The quantitative estimate of drug-likeness (QED) is 0.354. The van der Waals surface area contributed by atoms with Gasteiger partial charge in [0.2, 0.25) is 11.7 Å². The second-order valence-corrected chi connectivity index (χ2v) is 7.52. The molecule has 1 heterocycles. The lowest BCUT2D eigenvalue weighted by molar-refractivity contribution is -0.142. The Hall–Kier alpha value is -2.67. The van der Waals surface area contributed by atoms with Gasteiger partial charge in [-0.1, -0.05) is 17.7 Å². The summed E-state index contributed by atoms with van der Waals surface area (Å²) in [6, 6.07) is 11.3. The molecule has 0 unspecified atom stereocenters. The second-order valence-electron chi connectivity index (χ2n) is 6.35. The van der Waals surface area contributed by atoms with E-state index in [1.54, 1.807) is 6.07 Å². The van der Waals surface area contributed by atoms with E-state index >= 15 is 0 Å². The number of thiophene rings is 1. The van der Waals surface area contributed by atoms with Crippen molar-refractivity contribution >= 4 is 29.0 Å². The third-order valence-corrected chi connectivity index (χ3v) is 5.05. The van der Waals surface area contributed by atoms with Gasteiger partial charge in [-0.05, 0) is 44.0 Å². The predicted molar refractivity (Wildman–Crippen MR) is 108 cm³/mol. The number of benzene rings is 1. The van der Waals surface area contributed by atoms with Crippen LogP contribution in [0.15, 0.2) is 36.4 Å². The molecule has 7 heteroatoms. The number of amides is 1. The molecule has 0 saturated carbocycles. The molecule has 0 saturated heterocycles. The van der Waals surface area contributed by atoms with E-state index in [0.717, 1.165) is 16.2 Å². The third kappa shape index (κ3) is 7.92. The van der Waals surface area contributed by atoms with Gasteiger partial charge in [-0.2, -0.15) is 0 Å². The molecule has 1 aromatic carbocycles. The van der Waals surface area contributed by atoms with Crippen molar-refractivity contribution in [1.29, 1.82) is 0 Å². The molecular formula is C21H25NO5S. The van der Waals surface area contributed by atoms with Crippen LogP contribution in [-0.4, -0.2) is 37.4 Å². The molecule has 28 heavy (non-hydrogen) atoms. The van der Waals surface area contributed by atoms with Gasteiger partial charge >= 0.3 is 5.97 Å². The van der Waals surface area contributed by atoms with E-state index in [9.17, 15) is 14.4 Å². The molecule has 0 fully saturated rings. The average molecular weight is 404 g/mol. The van der Waals surface area contributed by atoms with Gasteiger partial charge in [0.25, 0.3) is 0 Å². The number of carbonyl (C=O) groups excluding carboxylic acids is 3. The van der Waals surface area contributed by atoms with Crippen LogP contribution >= 0.6 is 11.3 Å².